The number of aliphatic carboxylic acids is 1. The molecule has 0 unspecified atom stereocenters. The molecule has 70 valence electrons. The highest BCUT2D eigenvalue weighted by atomic mass is 79.9. The maximum Gasteiger partial charge on any atom is 0.309 e. The molecule has 0 aliphatic heterocycles. The molecule has 3 N–H and O–H groups in total. The van der Waals surface area contributed by atoms with Gasteiger partial charge >= 0.3 is 5.97 Å². The molecule has 0 saturated carbocycles. The van der Waals surface area contributed by atoms with Gasteiger partial charge in [0.25, 0.3) is 0 Å². The number of aromatic nitrogens is 2. The average molecular weight is 246 g/mol. The van der Waals surface area contributed by atoms with Crippen molar-refractivity contribution in [1.82, 2.24) is 9.97 Å². The van der Waals surface area contributed by atoms with Gasteiger partial charge in [0.15, 0.2) is 0 Å². The van der Waals surface area contributed by atoms with E-state index in [-0.39, 0.29) is 12.2 Å². The van der Waals surface area contributed by atoms with Crippen LogP contribution >= 0.6 is 15.9 Å². The quantitative estimate of drug-likeness (QED) is 0.803. The average Bonchev–Trinajstić information content (AvgIpc) is 1.98. The summed E-state index contributed by atoms with van der Waals surface area (Å²) in [5.74, 6) is -0.209. The van der Waals surface area contributed by atoms with Crippen LogP contribution < -0.4 is 5.73 Å². The Balaban J connectivity index is 3.12. The first-order chi connectivity index (χ1) is 6.00. The molecule has 1 aromatic heterocycles. The summed E-state index contributed by atoms with van der Waals surface area (Å²) in [6.07, 6.45) is -0.159. The minimum atomic E-state index is -0.946. The van der Waals surface area contributed by atoms with Gasteiger partial charge in [-0.3, -0.25) is 4.79 Å². The van der Waals surface area contributed by atoms with Gasteiger partial charge in [0.2, 0.25) is 0 Å². The molecule has 1 aromatic rings. The molecular formula is C7H8BrN3O2. The van der Waals surface area contributed by atoms with Crippen molar-refractivity contribution >= 4 is 27.7 Å². The van der Waals surface area contributed by atoms with E-state index in [1.807, 2.05) is 0 Å². The highest BCUT2D eigenvalue weighted by Gasteiger charge is 2.10. The number of hydrogen-bond donors (Lipinski definition) is 2. The molecule has 0 bridgehead atoms. The van der Waals surface area contributed by atoms with Crippen LogP contribution in [0, 0.1) is 6.92 Å². The maximum absolute atomic E-state index is 10.4. The zero-order valence-electron chi connectivity index (χ0n) is 6.91. The molecule has 0 amide bonds. The number of carboxylic acid groups (broad SMARTS) is 1. The lowest BCUT2D eigenvalue weighted by atomic mass is 10.3. The third kappa shape index (κ3) is 2.38. The number of halogens is 1. The number of carboxylic acids is 1. The fourth-order valence-corrected chi connectivity index (χ4v) is 1.22. The lowest BCUT2D eigenvalue weighted by Gasteiger charge is -2.04. The Hall–Kier alpha value is -1.17. The summed E-state index contributed by atoms with van der Waals surface area (Å²) in [6, 6.07) is 0. The highest BCUT2D eigenvalue weighted by Crippen LogP contribution is 2.20. The predicted octanol–water partition coefficient (Wildman–Crippen LogP) is 0.757. The fourth-order valence-electron chi connectivity index (χ4n) is 0.901. The normalized spacial score (nSPS) is 10.0. The Bertz CT molecular complexity index is 354. The minimum absolute atomic E-state index is 0.159. The number of nitrogen functional groups attached to an aromatic ring is 1. The van der Waals surface area contributed by atoms with E-state index in [0.29, 0.717) is 16.0 Å². The number of carbonyl (C=O) groups is 1. The third-order valence-corrected chi connectivity index (χ3v) is 2.24. The maximum atomic E-state index is 10.4. The molecule has 0 spiro atoms. The van der Waals surface area contributed by atoms with Crippen molar-refractivity contribution in [2.45, 2.75) is 13.3 Å². The predicted molar refractivity (Wildman–Crippen MR) is 50.2 cm³/mol. The molecule has 13 heavy (non-hydrogen) atoms. The molecule has 0 aliphatic carbocycles. The number of nitrogens with two attached hydrogens (primary N) is 1. The van der Waals surface area contributed by atoms with Crippen LogP contribution in [-0.4, -0.2) is 21.0 Å². The Kier molecular flexibility index (Phi) is 2.82. The Morgan fingerprint density at radius 2 is 2.23 bits per heavy atom. The first kappa shape index (κ1) is 9.91. The van der Waals surface area contributed by atoms with Crippen LogP contribution in [0.5, 0.6) is 0 Å². The molecule has 0 radical (unpaired) electrons. The van der Waals surface area contributed by atoms with Crippen molar-refractivity contribution in [2.75, 3.05) is 5.73 Å². The van der Waals surface area contributed by atoms with Crippen molar-refractivity contribution in [1.29, 1.82) is 0 Å². The molecule has 6 heteroatoms. The topological polar surface area (TPSA) is 89.1 Å². The van der Waals surface area contributed by atoms with E-state index < -0.39 is 5.97 Å². The van der Waals surface area contributed by atoms with Crippen LogP contribution in [-0.2, 0) is 11.2 Å². The summed E-state index contributed by atoms with van der Waals surface area (Å²) < 4.78 is 0.459. The molecular weight excluding hydrogens is 238 g/mol. The van der Waals surface area contributed by atoms with Crippen molar-refractivity contribution in [3.63, 3.8) is 0 Å². The van der Waals surface area contributed by atoms with E-state index in [1.165, 1.54) is 0 Å². The second-order valence-electron chi connectivity index (χ2n) is 2.49. The van der Waals surface area contributed by atoms with Crippen molar-refractivity contribution in [2.24, 2.45) is 0 Å². The molecule has 0 fully saturated rings. The molecule has 5 nitrogen and oxygen atoms in total. The van der Waals surface area contributed by atoms with Gasteiger partial charge in [-0.2, -0.15) is 0 Å². The lowest BCUT2D eigenvalue weighted by Crippen LogP contribution is -2.07. The highest BCUT2D eigenvalue weighted by molar-refractivity contribution is 9.10. The number of aryl methyl sites for hydroxylation is 1. The summed E-state index contributed by atoms with van der Waals surface area (Å²) in [4.78, 5) is 18.2. The van der Waals surface area contributed by atoms with Gasteiger partial charge in [-0.1, -0.05) is 0 Å². The summed E-state index contributed by atoms with van der Waals surface area (Å²) in [5, 5.41) is 8.55. The van der Waals surface area contributed by atoms with Crippen LogP contribution in [0.3, 0.4) is 0 Å². The van der Waals surface area contributed by atoms with Crippen molar-refractivity contribution in [3.8, 4) is 0 Å². The Labute approximate surface area is 83.1 Å². The number of hydrogen-bond acceptors (Lipinski definition) is 4. The fraction of sp³-hybridized carbons (Fsp3) is 0.286. The Morgan fingerprint density at radius 1 is 1.62 bits per heavy atom. The first-order valence-corrected chi connectivity index (χ1v) is 4.30. The van der Waals surface area contributed by atoms with Crippen molar-refractivity contribution in [3.05, 3.63) is 16.0 Å². The standard InChI is InChI=1S/C7H8BrN3O2/c1-3-10-4(2-5(12)13)6(8)7(9)11-3/h2H2,1H3,(H,12,13)(H2,9,10,11). The van der Waals surface area contributed by atoms with E-state index in [4.69, 9.17) is 10.8 Å². The number of rotatable bonds is 2. The van der Waals surface area contributed by atoms with E-state index in [0.717, 1.165) is 0 Å². The molecule has 0 saturated heterocycles. The molecule has 1 rings (SSSR count). The summed E-state index contributed by atoms with van der Waals surface area (Å²) >= 11 is 3.13. The SMILES string of the molecule is Cc1nc(N)c(Br)c(CC(=O)O)n1. The molecule has 1 heterocycles. The number of anilines is 1. The van der Waals surface area contributed by atoms with Gasteiger partial charge < -0.3 is 10.8 Å². The zero-order chi connectivity index (χ0) is 10.0. The Morgan fingerprint density at radius 3 is 2.77 bits per heavy atom. The van der Waals surface area contributed by atoms with Crippen LogP contribution in [0.15, 0.2) is 4.47 Å². The van der Waals surface area contributed by atoms with Gasteiger partial charge in [-0.25, -0.2) is 9.97 Å². The summed E-state index contributed by atoms with van der Waals surface area (Å²) in [7, 11) is 0. The zero-order valence-corrected chi connectivity index (χ0v) is 8.50. The third-order valence-electron chi connectivity index (χ3n) is 1.38. The minimum Gasteiger partial charge on any atom is -0.481 e. The summed E-state index contributed by atoms with van der Waals surface area (Å²) in [6.45, 7) is 1.66. The second-order valence-corrected chi connectivity index (χ2v) is 3.28. The molecule has 0 atom stereocenters. The first-order valence-electron chi connectivity index (χ1n) is 3.51. The van der Waals surface area contributed by atoms with E-state index >= 15 is 0 Å². The molecule has 0 aliphatic rings. The van der Waals surface area contributed by atoms with Gasteiger partial charge in [-0.15, -0.1) is 0 Å². The molecule has 0 aromatic carbocycles. The van der Waals surface area contributed by atoms with Crippen LogP contribution in [0.1, 0.15) is 11.5 Å². The van der Waals surface area contributed by atoms with E-state index in [1.54, 1.807) is 6.92 Å². The largest absolute Gasteiger partial charge is 0.481 e. The summed E-state index contributed by atoms with van der Waals surface area (Å²) in [5.41, 5.74) is 5.91. The lowest BCUT2D eigenvalue weighted by molar-refractivity contribution is -0.136. The smallest absolute Gasteiger partial charge is 0.309 e. The van der Waals surface area contributed by atoms with Crippen molar-refractivity contribution < 1.29 is 9.90 Å². The van der Waals surface area contributed by atoms with Gasteiger partial charge in [0, 0.05) is 0 Å². The van der Waals surface area contributed by atoms with Gasteiger partial charge in [-0.05, 0) is 22.9 Å². The van der Waals surface area contributed by atoms with Gasteiger partial charge in [0.05, 0.1) is 16.6 Å². The number of nitrogens with zero attached hydrogens (tertiary/aromatic N) is 2. The second kappa shape index (κ2) is 3.69. The van der Waals surface area contributed by atoms with E-state index in [2.05, 4.69) is 25.9 Å². The monoisotopic (exact) mass is 245 g/mol. The van der Waals surface area contributed by atoms with Gasteiger partial charge in [0.1, 0.15) is 11.6 Å². The van der Waals surface area contributed by atoms with E-state index in [9.17, 15) is 4.79 Å². The van der Waals surface area contributed by atoms with Crippen LogP contribution in [0.2, 0.25) is 0 Å². The van der Waals surface area contributed by atoms with Crippen LogP contribution in [0.4, 0.5) is 5.82 Å². The van der Waals surface area contributed by atoms with Crippen LogP contribution in [0.25, 0.3) is 0 Å².